The fourth-order valence-electron chi connectivity index (χ4n) is 4.02. The molecule has 1 aliphatic carbocycles. The van der Waals surface area contributed by atoms with E-state index in [-0.39, 0.29) is 11.8 Å². The Balaban J connectivity index is 1.99. The molecule has 1 unspecified atom stereocenters. The van der Waals surface area contributed by atoms with Gasteiger partial charge < -0.3 is 15.5 Å². The van der Waals surface area contributed by atoms with E-state index in [1.165, 1.54) is 6.07 Å². The normalized spacial score (nSPS) is 16.1. The van der Waals surface area contributed by atoms with Crippen LogP contribution in [0.15, 0.2) is 18.2 Å². The molecule has 1 atom stereocenters. The maximum Gasteiger partial charge on any atom is 0.165 e. The Morgan fingerprint density at radius 1 is 1.32 bits per heavy atom. The molecule has 0 spiro atoms. The zero-order chi connectivity index (χ0) is 20.0. The highest BCUT2D eigenvalue weighted by atomic mass is 35.5. The summed E-state index contributed by atoms with van der Waals surface area (Å²) in [5, 5.41) is 29.1. The van der Waals surface area contributed by atoms with Gasteiger partial charge in [0.1, 0.15) is 11.6 Å². The Hall–Kier alpha value is -2.31. The molecular weight excluding hydrogens is 376 g/mol. The fraction of sp³-hybridized carbons (Fsp3) is 0.429. The first-order chi connectivity index (χ1) is 13.4. The Labute approximate surface area is 169 Å². The van der Waals surface area contributed by atoms with Crippen molar-refractivity contribution in [3.05, 3.63) is 40.2 Å². The van der Waals surface area contributed by atoms with Crippen LogP contribution in [-0.2, 0) is 6.42 Å². The van der Waals surface area contributed by atoms with E-state index in [1.807, 2.05) is 6.92 Å². The number of anilines is 1. The zero-order valence-electron chi connectivity index (χ0n) is 16.3. The van der Waals surface area contributed by atoms with Crippen molar-refractivity contribution in [2.45, 2.75) is 58.6 Å². The summed E-state index contributed by atoms with van der Waals surface area (Å²) in [5.41, 5.74) is 4.90. The van der Waals surface area contributed by atoms with Gasteiger partial charge in [0.05, 0.1) is 28.1 Å². The number of halogens is 1. The number of hydrogen-bond acceptors (Lipinski definition) is 5. The molecule has 3 aromatic rings. The highest BCUT2D eigenvalue weighted by Crippen LogP contribution is 2.41. The maximum atomic E-state index is 10.6. The highest BCUT2D eigenvalue weighted by molar-refractivity contribution is 6.33. The Bertz CT molecular complexity index is 1040. The van der Waals surface area contributed by atoms with E-state index in [1.54, 1.807) is 16.6 Å². The van der Waals surface area contributed by atoms with Gasteiger partial charge in [-0.2, -0.15) is 9.61 Å². The van der Waals surface area contributed by atoms with E-state index in [0.717, 1.165) is 53.2 Å². The first-order valence-electron chi connectivity index (χ1n) is 9.80. The molecule has 1 aromatic carbocycles. The van der Waals surface area contributed by atoms with Crippen molar-refractivity contribution in [3.8, 4) is 16.9 Å². The van der Waals surface area contributed by atoms with Crippen molar-refractivity contribution in [2.24, 2.45) is 0 Å². The Morgan fingerprint density at radius 3 is 2.75 bits per heavy atom. The number of aromatic nitrogens is 3. The summed E-state index contributed by atoms with van der Waals surface area (Å²) in [7, 11) is 0. The number of hydrogen-bond donors (Lipinski definition) is 3. The molecule has 3 N–H and O–H groups in total. The van der Waals surface area contributed by atoms with Gasteiger partial charge in [-0.1, -0.05) is 25.4 Å². The van der Waals surface area contributed by atoms with Crippen LogP contribution >= 0.6 is 11.6 Å². The second kappa shape index (κ2) is 7.26. The number of aliphatic hydroxyl groups is 1. The predicted molar refractivity (Wildman–Crippen MR) is 111 cm³/mol. The van der Waals surface area contributed by atoms with E-state index >= 15 is 0 Å². The molecule has 2 aromatic heterocycles. The molecule has 6 nitrogen and oxygen atoms in total. The number of aromatic hydroxyl groups is 1. The number of nitrogens with zero attached hydrogens (tertiary/aromatic N) is 3. The van der Waals surface area contributed by atoms with E-state index in [2.05, 4.69) is 19.2 Å². The summed E-state index contributed by atoms with van der Waals surface area (Å²) in [4.78, 5) is 4.87. The molecule has 28 heavy (non-hydrogen) atoms. The van der Waals surface area contributed by atoms with Crippen LogP contribution in [0.5, 0.6) is 5.75 Å². The third-order valence-corrected chi connectivity index (χ3v) is 5.90. The topological polar surface area (TPSA) is 82.7 Å². The van der Waals surface area contributed by atoms with Gasteiger partial charge in [0.25, 0.3) is 0 Å². The van der Waals surface area contributed by atoms with Gasteiger partial charge in [0, 0.05) is 17.2 Å². The molecule has 0 saturated carbocycles. The fourth-order valence-corrected chi connectivity index (χ4v) is 4.29. The van der Waals surface area contributed by atoms with Gasteiger partial charge in [-0.05, 0) is 50.8 Å². The van der Waals surface area contributed by atoms with E-state index in [0.29, 0.717) is 17.1 Å². The van der Waals surface area contributed by atoms with Gasteiger partial charge in [0.2, 0.25) is 0 Å². The molecule has 0 saturated heterocycles. The van der Waals surface area contributed by atoms with Crippen LogP contribution in [0.25, 0.3) is 16.8 Å². The van der Waals surface area contributed by atoms with Crippen LogP contribution in [0, 0.1) is 6.92 Å². The number of aryl methyl sites for hydroxylation is 2. The van der Waals surface area contributed by atoms with Crippen molar-refractivity contribution in [2.75, 3.05) is 5.32 Å². The van der Waals surface area contributed by atoms with Gasteiger partial charge in [0.15, 0.2) is 5.65 Å². The third kappa shape index (κ3) is 3.01. The minimum Gasteiger partial charge on any atom is -0.508 e. The summed E-state index contributed by atoms with van der Waals surface area (Å²) >= 11 is 6.42. The van der Waals surface area contributed by atoms with Crippen LogP contribution in [0.2, 0.25) is 5.02 Å². The molecule has 0 amide bonds. The van der Waals surface area contributed by atoms with Gasteiger partial charge in [-0.3, -0.25) is 0 Å². The zero-order valence-corrected chi connectivity index (χ0v) is 17.1. The first-order valence-corrected chi connectivity index (χ1v) is 10.2. The second-order valence-electron chi connectivity index (χ2n) is 7.39. The van der Waals surface area contributed by atoms with Crippen molar-refractivity contribution in [1.82, 2.24) is 14.6 Å². The monoisotopic (exact) mass is 400 g/mol. The minimum atomic E-state index is -0.533. The van der Waals surface area contributed by atoms with Gasteiger partial charge in [-0.15, -0.1) is 0 Å². The largest absolute Gasteiger partial charge is 0.508 e. The van der Waals surface area contributed by atoms with E-state index < -0.39 is 6.10 Å². The quantitative estimate of drug-likeness (QED) is 0.581. The van der Waals surface area contributed by atoms with E-state index in [4.69, 9.17) is 21.7 Å². The second-order valence-corrected chi connectivity index (χ2v) is 7.80. The van der Waals surface area contributed by atoms with Crippen LogP contribution in [0.1, 0.15) is 56.2 Å². The number of phenols is 1. The van der Waals surface area contributed by atoms with E-state index in [9.17, 15) is 10.2 Å². The van der Waals surface area contributed by atoms with Crippen LogP contribution in [-0.4, -0.2) is 30.9 Å². The molecule has 0 fully saturated rings. The van der Waals surface area contributed by atoms with Gasteiger partial charge >= 0.3 is 0 Å². The van der Waals surface area contributed by atoms with Crippen molar-refractivity contribution in [3.63, 3.8) is 0 Å². The average molecular weight is 401 g/mol. The number of fused-ring (bicyclic) bond motifs is 2. The minimum absolute atomic E-state index is 0.121. The molecule has 4 rings (SSSR count). The predicted octanol–water partition coefficient (Wildman–Crippen LogP) is 4.64. The summed E-state index contributed by atoms with van der Waals surface area (Å²) in [6.45, 7) is 6.22. The first kappa shape index (κ1) is 19.0. The summed E-state index contributed by atoms with van der Waals surface area (Å²) in [5.74, 6) is 0.943. The van der Waals surface area contributed by atoms with Crippen LogP contribution in [0.4, 0.5) is 5.82 Å². The lowest BCUT2D eigenvalue weighted by molar-refractivity contribution is 0.180. The maximum absolute atomic E-state index is 10.6. The molecule has 0 radical (unpaired) electrons. The molecular formula is C21H25ClN4O2. The lowest BCUT2D eigenvalue weighted by Gasteiger charge is -2.21. The lowest BCUT2D eigenvalue weighted by Crippen LogP contribution is -2.21. The summed E-state index contributed by atoms with van der Waals surface area (Å²) in [6.07, 6.45) is 2.82. The molecule has 7 heteroatoms. The Kier molecular flexibility index (Phi) is 4.93. The molecule has 0 bridgehead atoms. The van der Waals surface area contributed by atoms with Gasteiger partial charge in [-0.25, -0.2) is 4.98 Å². The smallest absolute Gasteiger partial charge is 0.165 e. The van der Waals surface area contributed by atoms with Crippen LogP contribution < -0.4 is 5.32 Å². The molecule has 148 valence electrons. The SMILES string of the molecule is CCC(CC)Nc1c2c(nc3c(-c4ccc(O)cc4Cl)c(C)nn13)CCC2O. The van der Waals surface area contributed by atoms with Crippen molar-refractivity contribution in [1.29, 1.82) is 0 Å². The number of nitrogens with one attached hydrogen (secondary N) is 1. The standard InChI is InChI=1S/C21H25ClN4O2/c1-4-12(5-2)23-21-19-16(8-9-17(19)28)24-20-18(11(3)25-26(20)21)14-7-6-13(27)10-15(14)22/h6-7,10,12,17,23,27-28H,4-5,8-9H2,1-3H3. The highest BCUT2D eigenvalue weighted by Gasteiger charge is 2.30. The Morgan fingerprint density at radius 2 is 2.07 bits per heavy atom. The average Bonchev–Trinajstić information content (AvgIpc) is 3.19. The number of aliphatic hydroxyl groups excluding tert-OH is 1. The van der Waals surface area contributed by atoms with Crippen molar-refractivity contribution >= 4 is 23.1 Å². The third-order valence-electron chi connectivity index (χ3n) is 5.59. The molecule has 2 heterocycles. The lowest BCUT2D eigenvalue weighted by atomic mass is 10.1. The molecule has 0 aliphatic heterocycles. The summed E-state index contributed by atoms with van der Waals surface area (Å²) in [6, 6.07) is 5.22. The van der Waals surface area contributed by atoms with Crippen molar-refractivity contribution < 1.29 is 10.2 Å². The summed E-state index contributed by atoms with van der Waals surface area (Å²) < 4.78 is 1.81. The molecule has 1 aliphatic rings. The number of rotatable bonds is 5. The number of benzene rings is 1. The number of phenolic OH excluding ortho intramolecular Hbond substituents is 1. The van der Waals surface area contributed by atoms with Crippen LogP contribution in [0.3, 0.4) is 0 Å².